The third-order valence-corrected chi connectivity index (χ3v) is 4.70. The summed E-state index contributed by atoms with van der Waals surface area (Å²) in [6.07, 6.45) is 2.77. The molecule has 0 amide bonds. The number of oxime groups is 1. The Balaban J connectivity index is 2.64. The third kappa shape index (κ3) is 3.16. The number of nitrogens with zero attached hydrogens (tertiary/aromatic N) is 1. The molecule has 14 heavy (non-hydrogen) atoms. The Labute approximate surface area is 89.0 Å². The summed E-state index contributed by atoms with van der Waals surface area (Å²) < 4.78 is 22.6. The van der Waals surface area contributed by atoms with Gasteiger partial charge in [-0.05, 0) is 12.7 Å². The van der Waals surface area contributed by atoms with Gasteiger partial charge in [-0.15, -0.1) is 0 Å². The average Bonchev–Trinajstić information content (AvgIpc) is 2.41. The smallest absolute Gasteiger partial charge is 0.157 e. The first kappa shape index (κ1) is 11.8. The molecule has 1 aliphatic rings. The quantitative estimate of drug-likeness (QED) is 0.539. The van der Waals surface area contributed by atoms with Crippen LogP contribution in [0.2, 0.25) is 0 Å². The van der Waals surface area contributed by atoms with Crippen molar-refractivity contribution < 1.29 is 13.3 Å². The van der Waals surface area contributed by atoms with Gasteiger partial charge in [-0.25, -0.2) is 8.42 Å². The van der Waals surface area contributed by atoms with E-state index in [1.165, 1.54) is 11.8 Å². The Hall–Kier alpha value is -0.230. The highest BCUT2D eigenvalue weighted by molar-refractivity contribution is 8.02. The molecule has 1 heterocycles. The Morgan fingerprint density at radius 1 is 1.64 bits per heavy atom. The van der Waals surface area contributed by atoms with Gasteiger partial charge in [-0.3, -0.25) is 0 Å². The Morgan fingerprint density at radius 2 is 2.36 bits per heavy atom. The summed E-state index contributed by atoms with van der Waals surface area (Å²) in [5, 5.41) is 3.86. The molecule has 1 unspecified atom stereocenters. The molecule has 0 bridgehead atoms. The van der Waals surface area contributed by atoms with Crippen LogP contribution in [0.1, 0.15) is 13.3 Å². The van der Waals surface area contributed by atoms with E-state index >= 15 is 0 Å². The van der Waals surface area contributed by atoms with Gasteiger partial charge in [0.05, 0.1) is 22.5 Å². The molecule has 82 valence electrons. The van der Waals surface area contributed by atoms with Crippen molar-refractivity contribution in [2.75, 3.05) is 24.4 Å². The summed E-state index contributed by atoms with van der Waals surface area (Å²) in [5.74, 6) is 0.255. The highest BCUT2D eigenvalue weighted by Gasteiger charge is 2.34. The van der Waals surface area contributed by atoms with Crippen LogP contribution in [0.5, 0.6) is 0 Å². The summed E-state index contributed by atoms with van der Waals surface area (Å²) in [5.41, 5.74) is 0.658. The van der Waals surface area contributed by atoms with Crippen molar-refractivity contribution in [1.29, 1.82) is 0 Å². The van der Waals surface area contributed by atoms with E-state index in [2.05, 4.69) is 5.16 Å². The fourth-order valence-electron chi connectivity index (χ4n) is 1.21. The fourth-order valence-corrected chi connectivity index (χ4v) is 4.36. The van der Waals surface area contributed by atoms with Crippen LogP contribution in [-0.2, 0) is 14.7 Å². The summed E-state index contributed by atoms with van der Waals surface area (Å²) in [6, 6.07) is 0. The van der Waals surface area contributed by atoms with Gasteiger partial charge in [-0.2, -0.15) is 11.8 Å². The summed E-state index contributed by atoms with van der Waals surface area (Å²) >= 11 is 1.51. The number of thioether (sulfide) groups is 1. The van der Waals surface area contributed by atoms with Crippen LogP contribution in [0.15, 0.2) is 5.16 Å². The van der Waals surface area contributed by atoms with E-state index in [1.807, 2.05) is 13.2 Å². The molecular formula is C8H15NO3S2. The average molecular weight is 237 g/mol. The topological polar surface area (TPSA) is 55.7 Å². The van der Waals surface area contributed by atoms with Crippen LogP contribution in [-0.4, -0.2) is 43.7 Å². The molecule has 1 atom stereocenters. The van der Waals surface area contributed by atoms with Gasteiger partial charge in [0, 0.05) is 0 Å². The van der Waals surface area contributed by atoms with Crippen LogP contribution in [0.4, 0.5) is 0 Å². The first-order chi connectivity index (χ1) is 6.59. The molecule has 4 nitrogen and oxygen atoms in total. The number of hydrogen-bond donors (Lipinski definition) is 0. The Morgan fingerprint density at radius 3 is 2.93 bits per heavy atom. The van der Waals surface area contributed by atoms with E-state index in [0.717, 1.165) is 6.42 Å². The van der Waals surface area contributed by atoms with E-state index in [1.54, 1.807) is 0 Å². The molecule has 0 aliphatic carbocycles. The predicted octanol–water partition coefficient (Wildman–Crippen LogP) is 0.929. The molecule has 0 aromatic rings. The predicted molar refractivity (Wildman–Crippen MR) is 59.6 cm³/mol. The van der Waals surface area contributed by atoms with Crippen LogP contribution in [0.25, 0.3) is 0 Å². The monoisotopic (exact) mass is 237 g/mol. The molecule has 0 saturated carbocycles. The van der Waals surface area contributed by atoms with Crippen molar-refractivity contribution in [3.05, 3.63) is 0 Å². The van der Waals surface area contributed by atoms with Crippen molar-refractivity contribution in [2.45, 2.75) is 18.6 Å². The van der Waals surface area contributed by atoms with E-state index in [4.69, 9.17) is 4.84 Å². The molecular weight excluding hydrogens is 222 g/mol. The maximum Gasteiger partial charge on any atom is 0.157 e. The van der Waals surface area contributed by atoms with Crippen molar-refractivity contribution in [3.8, 4) is 0 Å². The zero-order chi connectivity index (χ0) is 10.6. The summed E-state index contributed by atoms with van der Waals surface area (Å²) in [7, 11) is -2.93. The largest absolute Gasteiger partial charge is 0.396 e. The van der Waals surface area contributed by atoms with E-state index < -0.39 is 9.84 Å². The summed E-state index contributed by atoms with van der Waals surface area (Å²) in [6.45, 7) is 2.53. The standard InChI is InChI=1S/C8H15NO3S2/c1-3-4-12-9-7-5-14(10,11)6-8(7)13-2/h8H,3-6H2,1-2H3/b9-7+. The van der Waals surface area contributed by atoms with Crippen LogP contribution in [0, 0.1) is 0 Å². The molecule has 0 aromatic carbocycles. The van der Waals surface area contributed by atoms with Crippen molar-refractivity contribution in [2.24, 2.45) is 5.16 Å². The van der Waals surface area contributed by atoms with E-state index in [-0.39, 0.29) is 16.8 Å². The molecule has 1 saturated heterocycles. The number of rotatable bonds is 4. The van der Waals surface area contributed by atoms with Crippen molar-refractivity contribution in [3.63, 3.8) is 0 Å². The molecule has 0 spiro atoms. The maximum absolute atomic E-state index is 11.3. The van der Waals surface area contributed by atoms with E-state index in [9.17, 15) is 8.42 Å². The molecule has 6 heteroatoms. The van der Waals surface area contributed by atoms with Gasteiger partial charge in [0.1, 0.15) is 6.61 Å². The fraction of sp³-hybridized carbons (Fsp3) is 0.875. The number of hydrogen-bond acceptors (Lipinski definition) is 5. The first-order valence-electron chi connectivity index (χ1n) is 4.51. The number of sulfone groups is 1. The molecule has 1 fully saturated rings. The van der Waals surface area contributed by atoms with Crippen LogP contribution < -0.4 is 0 Å². The minimum absolute atomic E-state index is 0.0168. The Kier molecular flexibility index (Phi) is 4.25. The van der Waals surface area contributed by atoms with Gasteiger partial charge in [-0.1, -0.05) is 12.1 Å². The first-order valence-corrected chi connectivity index (χ1v) is 7.62. The van der Waals surface area contributed by atoms with Gasteiger partial charge in [0.25, 0.3) is 0 Å². The molecule has 0 N–H and O–H groups in total. The van der Waals surface area contributed by atoms with Gasteiger partial charge in [0.2, 0.25) is 0 Å². The SMILES string of the molecule is CCCO/N=C1\CS(=O)(=O)CC1SC. The van der Waals surface area contributed by atoms with Crippen LogP contribution >= 0.6 is 11.8 Å². The minimum atomic E-state index is -2.93. The van der Waals surface area contributed by atoms with Crippen molar-refractivity contribution in [1.82, 2.24) is 0 Å². The van der Waals surface area contributed by atoms with E-state index in [0.29, 0.717) is 12.3 Å². The van der Waals surface area contributed by atoms with Gasteiger partial charge in [0.15, 0.2) is 9.84 Å². The maximum atomic E-state index is 11.3. The lowest BCUT2D eigenvalue weighted by atomic mass is 10.3. The highest BCUT2D eigenvalue weighted by atomic mass is 32.2. The second-order valence-electron chi connectivity index (χ2n) is 3.19. The lowest BCUT2D eigenvalue weighted by Crippen LogP contribution is -2.14. The molecule has 0 aromatic heterocycles. The van der Waals surface area contributed by atoms with Crippen LogP contribution in [0.3, 0.4) is 0 Å². The molecule has 0 radical (unpaired) electrons. The Bertz CT molecular complexity index is 311. The normalized spacial score (nSPS) is 28.1. The molecule has 1 aliphatic heterocycles. The highest BCUT2D eigenvalue weighted by Crippen LogP contribution is 2.20. The third-order valence-electron chi connectivity index (χ3n) is 1.91. The lowest BCUT2D eigenvalue weighted by molar-refractivity contribution is 0.144. The minimum Gasteiger partial charge on any atom is -0.396 e. The zero-order valence-corrected chi connectivity index (χ0v) is 10.0. The van der Waals surface area contributed by atoms with Gasteiger partial charge >= 0.3 is 0 Å². The van der Waals surface area contributed by atoms with Gasteiger partial charge < -0.3 is 4.84 Å². The molecule has 1 rings (SSSR count). The summed E-state index contributed by atoms with van der Waals surface area (Å²) in [4.78, 5) is 5.00. The second kappa shape index (κ2) is 5.02. The lowest BCUT2D eigenvalue weighted by Gasteiger charge is -2.04. The second-order valence-corrected chi connectivity index (χ2v) is 6.34. The van der Waals surface area contributed by atoms with Crippen molar-refractivity contribution >= 4 is 27.3 Å². The zero-order valence-electron chi connectivity index (χ0n) is 8.39.